The smallest absolute Gasteiger partial charge is 0.270 e. The average Bonchev–Trinajstić information content (AvgIpc) is 2.16. The van der Waals surface area contributed by atoms with Crippen LogP contribution in [0.1, 0.15) is 10.5 Å². The number of pyridine rings is 1. The summed E-state index contributed by atoms with van der Waals surface area (Å²) >= 11 is 8.68. The van der Waals surface area contributed by atoms with E-state index < -0.39 is 5.24 Å². The average molecular weight is 307 g/mol. The number of carbonyl (C=O) groups excluding carboxylic acids is 1. The van der Waals surface area contributed by atoms with E-state index in [1.54, 1.807) is 6.07 Å². The van der Waals surface area contributed by atoms with Crippen LogP contribution in [0.25, 0.3) is 10.9 Å². The molecule has 0 bridgehead atoms. The second kappa shape index (κ2) is 4.92. The summed E-state index contributed by atoms with van der Waals surface area (Å²) in [6.07, 6.45) is 0. The van der Waals surface area contributed by atoms with Crippen LogP contribution in [0.2, 0.25) is 0 Å². The minimum absolute atomic E-state index is 0. The first-order valence-electron chi connectivity index (χ1n) is 3.93. The van der Waals surface area contributed by atoms with Gasteiger partial charge in [0.25, 0.3) is 5.24 Å². The van der Waals surface area contributed by atoms with E-state index in [0.717, 1.165) is 15.4 Å². The van der Waals surface area contributed by atoms with Crippen molar-refractivity contribution in [2.75, 3.05) is 0 Å². The second-order valence-corrected chi connectivity index (χ2v) is 4.07. The first-order chi connectivity index (χ1) is 6.66. The van der Waals surface area contributed by atoms with Crippen molar-refractivity contribution in [3.63, 3.8) is 0 Å². The molecule has 2 aromatic rings. The van der Waals surface area contributed by atoms with Crippen molar-refractivity contribution < 1.29 is 4.79 Å². The Hall–Kier alpha value is -0.640. The van der Waals surface area contributed by atoms with E-state index >= 15 is 0 Å². The molecule has 1 heterocycles. The topological polar surface area (TPSA) is 30.0 Å². The van der Waals surface area contributed by atoms with Crippen LogP contribution in [-0.2, 0) is 0 Å². The molecule has 2 nitrogen and oxygen atoms in total. The van der Waals surface area contributed by atoms with Crippen molar-refractivity contribution in [3.05, 3.63) is 40.5 Å². The number of carbonyl (C=O) groups is 1. The highest BCUT2D eigenvalue weighted by molar-refractivity contribution is 9.10. The molecule has 0 aliphatic carbocycles. The molecule has 0 spiro atoms. The molecule has 15 heavy (non-hydrogen) atoms. The maximum atomic E-state index is 10.8. The van der Waals surface area contributed by atoms with Gasteiger partial charge in [-0.2, -0.15) is 0 Å². The molecule has 0 amide bonds. The molecular weight excluding hydrogens is 301 g/mol. The predicted octanol–water partition coefficient (Wildman–Crippen LogP) is 3.80. The Labute approximate surface area is 106 Å². The Morgan fingerprint density at radius 3 is 2.67 bits per heavy atom. The number of fused-ring (bicyclic) bond motifs is 1. The minimum Gasteiger partial charge on any atom is -0.274 e. The van der Waals surface area contributed by atoms with Crippen LogP contribution in [0, 0.1) is 0 Å². The van der Waals surface area contributed by atoms with Gasteiger partial charge in [-0.3, -0.25) is 4.79 Å². The molecule has 0 fully saturated rings. The fraction of sp³-hybridized carbons (Fsp3) is 0. The highest BCUT2D eigenvalue weighted by atomic mass is 79.9. The van der Waals surface area contributed by atoms with Crippen molar-refractivity contribution in [3.8, 4) is 0 Å². The van der Waals surface area contributed by atoms with Crippen molar-refractivity contribution in [2.45, 2.75) is 0 Å². The van der Waals surface area contributed by atoms with Crippen LogP contribution >= 0.6 is 39.9 Å². The number of hydrogen-bond donors (Lipinski definition) is 0. The van der Waals surface area contributed by atoms with E-state index in [9.17, 15) is 4.79 Å². The van der Waals surface area contributed by atoms with Crippen LogP contribution in [0.4, 0.5) is 0 Å². The third kappa shape index (κ3) is 2.68. The molecule has 0 N–H and O–H groups in total. The molecule has 0 saturated heterocycles. The van der Waals surface area contributed by atoms with E-state index in [2.05, 4.69) is 20.9 Å². The monoisotopic (exact) mass is 305 g/mol. The first kappa shape index (κ1) is 12.4. The number of halogens is 3. The van der Waals surface area contributed by atoms with Crippen molar-refractivity contribution in [1.29, 1.82) is 0 Å². The maximum absolute atomic E-state index is 10.8. The Bertz CT molecular complexity index is 516. The van der Waals surface area contributed by atoms with Crippen LogP contribution in [0.3, 0.4) is 0 Å². The highest BCUT2D eigenvalue weighted by Gasteiger charge is 2.04. The second-order valence-electron chi connectivity index (χ2n) is 2.81. The Balaban J connectivity index is 0.00000112. The zero-order valence-electron chi connectivity index (χ0n) is 7.41. The molecule has 0 radical (unpaired) electrons. The van der Waals surface area contributed by atoms with Gasteiger partial charge in [0.05, 0.1) is 5.52 Å². The summed E-state index contributed by atoms with van der Waals surface area (Å²) in [4.78, 5) is 15.0. The van der Waals surface area contributed by atoms with Crippen LogP contribution in [0.5, 0.6) is 0 Å². The van der Waals surface area contributed by atoms with Gasteiger partial charge in [0, 0.05) is 9.86 Å². The highest BCUT2D eigenvalue weighted by Crippen LogP contribution is 2.18. The molecule has 1 aromatic carbocycles. The van der Waals surface area contributed by atoms with Crippen LogP contribution in [0.15, 0.2) is 34.8 Å². The summed E-state index contributed by atoms with van der Waals surface area (Å²) in [6, 6.07) is 9.08. The summed E-state index contributed by atoms with van der Waals surface area (Å²) < 4.78 is 0.983. The number of hydrogen-bond acceptors (Lipinski definition) is 2. The van der Waals surface area contributed by atoms with Gasteiger partial charge in [-0.05, 0) is 35.9 Å². The first-order valence-corrected chi connectivity index (χ1v) is 5.10. The van der Waals surface area contributed by atoms with Crippen molar-refractivity contribution in [1.82, 2.24) is 4.98 Å². The quantitative estimate of drug-likeness (QED) is 0.750. The summed E-state index contributed by atoms with van der Waals surface area (Å²) in [6.45, 7) is 0. The number of aromatic nitrogens is 1. The summed E-state index contributed by atoms with van der Waals surface area (Å²) in [5, 5.41) is 0.441. The lowest BCUT2D eigenvalue weighted by molar-refractivity contribution is 0.107. The number of benzene rings is 1. The van der Waals surface area contributed by atoms with Gasteiger partial charge >= 0.3 is 0 Å². The predicted molar refractivity (Wildman–Crippen MR) is 66.9 cm³/mol. The molecule has 0 atom stereocenters. The SMILES string of the molecule is Cl.O=C(Cl)c1ccc2cc(Br)ccc2n1. The fourth-order valence-electron chi connectivity index (χ4n) is 1.21. The molecule has 5 heteroatoms. The van der Waals surface area contributed by atoms with Gasteiger partial charge < -0.3 is 0 Å². The largest absolute Gasteiger partial charge is 0.274 e. The zero-order chi connectivity index (χ0) is 10.1. The molecule has 0 aliphatic rings. The lowest BCUT2D eigenvalue weighted by Gasteiger charge is -1.99. The Kier molecular flexibility index (Phi) is 4.08. The fourth-order valence-corrected chi connectivity index (χ4v) is 1.69. The third-order valence-corrected chi connectivity index (χ3v) is 2.54. The Morgan fingerprint density at radius 1 is 1.27 bits per heavy atom. The maximum Gasteiger partial charge on any atom is 0.270 e. The molecule has 2 rings (SSSR count). The molecular formula is C10H6BrCl2NO. The van der Waals surface area contributed by atoms with Gasteiger partial charge in [0.15, 0.2) is 0 Å². The zero-order valence-corrected chi connectivity index (χ0v) is 10.6. The summed E-state index contributed by atoms with van der Waals surface area (Å²) in [5.74, 6) is 0. The van der Waals surface area contributed by atoms with Gasteiger partial charge in [-0.25, -0.2) is 4.98 Å². The number of nitrogens with zero attached hydrogens (tertiary/aromatic N) is 1. The molecule has 0 saturated carbocycles. The minimum atomic E-state index is -0.533. The molecule has 0 aliphatic heterocycles. The molecule has 0 unspecified atom stereocenters. The summed E-state index contributed by atoms with van der Waals surface area (Å²) in [5.41, 5.74) is 1.04. The number of rotatable bonds is 1. The van der Waals surface area contributed by atoms with E-state index in [-0.39, 0.29) is 18.1 Å². The van der Waals surface area contributed by atoms with E-state index in [4.69, 9.17) is 11.6 Å². The van der Waals surface area contributed by atoms with E-state index in [1.165, 1.54) is 0 Å². The van der Waals surface area contributed by atoms with E-state index in [0.29, 0.717) is 0 Å². The lowest BCUT2D eigenvalue weighted by Crippen LogP contribution is -1.93. The lowest BCUT2D eigenvalue weighted by atomic mass is 10.2. The van der Waals surface area contributed by atoms with Crippen molar-refractivity contribution in [2.24, 2.45) is 0 Å². The normalized spacial score (nSPS) is 9.73. The molecule has 78 valence electrons. The van der Waals surface area contributed by atoms with Gasteiger partial charge in [-0.15, -0.1) is 12.4 Å². The van der Waals surface area contributed by atoms with Gasteiger partial charge in [-0.1, -0.05) is 22.0 Å². The van der Waals surface area contributed by atoms with Crippen molar-refractivity contribution >= 4 is 56.1 Å². The van der Waals surface area contributed by atoms with Gasteiger partial charge in [0.2, 0.25) is 0 Å². The van der Waals surface area contributed by atoms with E-state index in [1.807, 2.05) is 24.3 Å². The van der Waals surface area contributed by atoms with Gasteiger partial charge in [0.1, 0.15) is 5.69 Å². The molecule has 1 aromatic heterocycles. The van der Waals surface area contributed by atoms with Crippen LogP contribution in [-0.4, -0.2) is 10.2 Å². The van der Waals surface area contributed by atoms with Crippen LogP contribution < -0.4 is 0 Å². The third-order valence-electron chi connectivity index (χ3n) is 1.85. The standard InChI is InChI=1S/C10H5BrClNO.ClH/c11-7-2-4-8-6(5-7)1-3-9(13-8)10(12)14;/h1-5H;1H. The summed E-state index contributed by atoms with van der Waals surface area (Å²) in [7, 11) is 0. The Morgan fingerprint density at radius 2 is 2.00 bits per heavy atom.